The number of nitrogens with one attached hydrogen (secondary N) is 3. The largest absolute Gasteiger partial charge is 0.374 e. The predicted octanol–water partition coefficient (Wildman–Crippen LogP) is 2.17. The van der Waals surface area contributed by atoms with Crippen LogP contribution in [0.1, 0.15) is 29.5 Å². The van der Waals surface area contributed by atoms with Gasteiger partial charge in [-0.25, -0.2) is 0 Å². The van der Waals surface area contributed by atoms with Gasteiger partial charge in [0.05, 0.1) is 0 Å². The van der Waals surface area contributed by atoms with Crippen LogP contribution in [0.3, 0.4) is 0 Å². The van der Waals surface area contributed by atoms with Gasteiger partial charge in [-0.15, -0.1) is 0 Å². The first-order valence-electron chi connectivity index (χ1n) is 7.36. The molecule has 7 nitrogen and oxygen atoms in total. The quantitative estimate of drug-likeness (QED) is 0.759. The molecule has 7 heteroatoms. The van der Waals surface area contributed by atoms with Crippen LogP contribution < -0.4 is 16.0 Å². The number of carbonyl (C=O) groups excluding carboxylic acids is 2. The Labute approximate surface area is 134 Å². The molecule has 1 unspecified atom stereocenters. The molecule has 2 amide bonds. The number of carbonyl (C=O) groups is 2. The number of amides is 2. The van der Waals surface area contributed by atoms with Gasteiger partial charge in [0, 0.05) is 24.4 Å². The molecule has 1 aromatic carbocycles. The molecule has 0 aliphatic rings. The summed E-state index contributed by atoms with van der Waals surface area (Å²) in [5.41, 5.74) is 1.23. The number of hydrogen-bond acceptors (Lipinski definition) is 5. The Morgan fingerprint density at radius 2 is 2.09 bits per heavy atom. The minimum atomic E-state index is -0.452. The molecule has 23 heavy (non-hydrogen) atoms. The number of benzene rings is 1. The van der Waals surface area contributed by atoms with Crippen LogP contribution in [-0.4, -0.2) is 30.1 Å². The van der Waals surface area contributed by atoms with E-state index in [1.54, 1.807) is 38.2 Å². The molecule has 1 aromatic heterocycles. The standard InChI is InChI=1S/C16H20N4O3/c1-4-13(16(22)19-14-8-10(2)23-20-14)18-12-7-5-6-11(9-12)15(21)17-3/h5-9,13,18H,4H2,1-3H3,(H,17,21)(H,19,20,22). The molecular formula is C16H20N4O3. The SMILES string of the molecule is CCC(Nc1cccc(C(=O)NC)c1)C(=O)Nc1cc(C)on1. The normalized spacial score (nSPS) is 11.6. The molecule has 0 spiro atoms. The second kappa shape index (κ2) is 7.44. The molecule has 1 heterocycles. The first-order valence-corrected chi connectivity index (χ1v) is 7.36. The molecule has 2 aromatic rings. The average Bonchev–Trinajstić information content (AvgIpc) is 2.96. The molecule has 2 rings (SSSR count). The third-order valence-electron chi connectivity index (χ3n) is 3.30. The Bertz CT molecular complexity index is 696. The van der Waals surface area contributed by atoms with Gasteiger partial charge < -0.3 is 20.5 Å². The molecule has 0 aliphatic heterocycles. The molecule has 0 fully saturated rings. The van der Waals surface area contributed by atoms with Crippen molar-refractivity contribution in [1.82, 2.24) is 10.5 Å². The molecule has 0 saturated heterocycles. The minimum Gasteiger partial charge on any atom is -0.374 e. The molecule has 0 saturated carbocycles. The van der Waals surface area contributed by atoms with E-state index in [1.807, 2.05) is 13.0 Å². The number of hydrogen-bond donors (Lipinski definition) is 3. The second-order valence-corrected chi connectivity index (χ2v) is 5.08. The lowest BCUT2D eigenvalue weighted by molar-refractivity contribution is -0.117. The molecular weight excluding hydrogens is 296 g/mol. The summed E-state index contributed by atoms with van der Waals surface area (Å²) in [5.74, 6) is 0.613. The second-order valence-electron chi connectivity index (χ2n) is 5.08. The van der Waals surface area contributed by atoms with Crippen LogP contribution in [0.25, 0.3) is 0 Å². The first-order chi connectivity index (χ1) is 11.0. The Morgan fingerprint density at radius 3 is 2.70 bits per heavy atom. The van der Waals surface area contributed by atoms with E-state index >= 15 is 0 Å². The van der Waals surface area contributed by atoms with Gasteiger partial charge in [-0.1, -0.05) is 18.1 Å². The average molecular weight is 316 g/mol. The van der Waals surface area contributed by atoms with Crippen LogP contribution in [0.2, 0.25) is 0 Å². The zero-order valence-electron chi connectivity index (χ0n) is 13.3. The van der Waals surface area contributed by atoms with Crippen molar-refractivity contribution in [2.24, 2.45) is 0 Å². The van der Waals surface area contributed by atoms with E-state index in [-0.39, 0.29) is 11.8 Å². The Morgan fingerprint density at radius 1 is 1.30 bits per heavy atom. The summed E-state index contributed by atoms with van der Waals surface area (Å²) in [7, 11) is 1.57. The Hall–Kier alpha value is -2.83. The fourth-order valence-electron chi connectivity index (χ4n) is 2.09. The number of nitrogens with zero attached hydrogens (tertiary/aromatic N) is 1. The highest BCUT2D eigenvalue weighted by Gasteiger charge is 2.18. The van der Waals surface area contributed by atoms with Crippen LogP contribution in [0.4, 0.5) is 11.5 Å². The fraction of sp³-hybridized carbons (Fsp3) is 0.312. The van der Waals surface area contributed by atoms with E-state index in [9.17, 15) is 9.59 Å². The topological polar surface area (TPSA) is 96.3 Å². The maximum Gasteiger partial charge on any atom is 0.251 e. The number of aromatic nitrogens is 1. The van der Waals surface area contributed by atoms with Crippen LogP contribution >= 0.6 is 0 Å². The van der Waals surface area contributed by atoms with Crippen molar-refractivity contribution in [3.63, 3.8) is 0 Å². The number of anilines is 2. The Kier molecular flexibility index (Phi) is 5.35. The summed E-state index contributed by atoms with van der Waals surface area (Å²) in [6.45, 7) is 3.65. The van der Waals surface area contributed by atoms with E-state index in [1.165, 1.54) is 0 Å². The lowest BCUT2D eigenvalue weighted by Crippen LogP contribution is -2.34. The predicted molar refractivity (Wildman–Crippen MR) is 87.4 cm³/mol. The van der Waals surface area contributed by atoms with Crippen LogP contribution in [-0.2, 0) is 4.79 Å². The van der Waals surface area contributed by atoms with E-state index in [2.05, 4.69) is 21.1 Å². The van der Waals surface area contributed by atoms with Gasteiger partial charge in [-0.3, -0.25) is 9.59 Å². The van der Waals surface area contributed by atoms with Crippen LogP contribution in [0, 0.1) is 6.92 Å². The lowest BCUT2D eigenvalue weighted by Gasteiger charge is -2.17. The van der Waals surface area contributed by atoms with Crippen LogP contribution in [0.5, 0.6) is 0 Å². The molecule has 0 radical (unpaired) electrons. The summed E-state index contributed by atoms with van der Waals surface area (Å²) >= 11 is 0. The van der Waals surface area contributed by atoms with Crippen LogP contribution in [0.15, 0.2) is 34.9 Å². The number of rotatable bonds is 6. The molecule has 3 N–H and O–H groups in total. The van der Waals surface area contributed by atoms with Gasteiger partial charge in [0.2, 0.25) is 5.91 Å². The Balaban J connectivity index is 2.06. The third-order valence-corrected chi connectivity index (χ3v) is 3.30. The fourth-order valence-corrected chi connectivity index (χ4v) is 2.09. The van der Waals surface area contributed by atoms with Crippen molar-refractivity contribution in [3.05, 3.63) is 41.7 Å². The monoisotopic (exact) mass is 316 g/mol. The minimum absolute atomic E-state index is 0.177. The van der Waals surface area contributed by atoms with E-state index in [4.69, 9.17) is 4.52 Å². The van der Waals surface area contributed by atoms with Gasteiger partial charge in [-0.2, -0.15) is 0 Å². The maximum absolute atomic E-state index is 12.3. The lowest BCUT2D eigenvalue weighted by atomic mass is 10.1. The van der Waals surface area contributed by atoms with Crippen molar-refractivity contribution in [2.45, 2.75) is 26.3 Å². The molecule has 1 atom stereocenters. The van der Waals surface area contributed by atoms with Crippen molar-refractivity contribution in [3.8, 4) is 0 Å². The van der Waals surface area contributed by atoms with Gasteiger partial charge in [-0.05, 0) is 31.5 Å². The zero-order valence-corrected chi connectivity index (χ0v) is 13.3. The highest BCUT2D eigenvalue weighted by molar-refractivity contribution is 5.97. The molecule has 0 bridgehead atoms. The van der Waals surface area contributed by atoms with E-state index in [0.29, 0.717) is 29.2 Å². The van der Waals surface area contributed by atoms with Crippen molar-refractivity contribution < 1.29 is 14.1 Å². The smallest absolute Gasteiger partial charge is 0.251 e. The first kappa shape index (κ1) is 16.5. The molecule has 122 valence electrons. The summed E-state index contributed by atoms with van der Waals surface area (Å²) < 4.78 is 4.92. The number of aryl methyl sites for hydroxylation is 1. The van der Waals surface area contributed by atoms with Crippen molar-refractivity contribution >= 4 is 23.3 Å². The summed E-state index contributed by atoms with van der Waals surface area (Å²) in [6, 6.07) is 8.18. The highest BCUT2D eigenvalue weighted by Crippen LogP contribution is 2.14. The van der Waals surface area contributed by atoms with Crippen molar-refractivity contribution in [2.75, 3.05) is 17.7 Å². The summed E-state index contributed by atoms with van der Waals surface area (Å²) in [4.78, 5) is 24.0. The van der Waals surface area contributed by atoms with Gasteiger partial charge in [0.1, 0.15) is 11.8 Å². The summed E-state index contributed by atoms with van der Waals surface area (Å²) in [5, 5.41) is 12.1. The third kappa shape index (κ3) is 4.32. The van der Waals surface area contributed by atoms with Gasteiger partial charge in [0.15, 0.2) is 5.82 Å². The zero-order chi connectivity index (χ0) is 16.8. The maximum atomic E-state index is 12.3. The van der Waals surface area contributed by atoms with Crippen molar-refractivity contribution in [1.29, 1.82) is 0 Å². The van der Waals surface area contributed by atoms with Gasteiger partial charge >= 0.3 is 0 Å². The van der Waals surface area contributed by atoms with Gasteiger partial charge in [0.25, 0.3) is 5.91 Å². The highest BCUT2D eigenvalue weighted by atomic mass is 16.5. The van der Waals surface area contributed by atoms with E-state index in [0.717, 1.165) is 0 Å². The molecule has 0 aliphatic carbocycles. The van der Waals surface area contributed by atoms with E-state index < -0.39 is 6.04 Å². The summed E-state index contributed by atoms with van der Waals surface area (Å²) in [6.07, 6.45) is 0.576.